The van der Waals surface area contributed by atoms with Gasteiger partial charge in [0.05, 0.1) is 22.8 Å². The second-order valence-electron chi connectivity index (χ2n) is 7.70. The zero-order valence-corrected chi connectivity index (χ0v) is 18.4. The monoisotopic (exact) mass is 446 g/mol. The summed E-state index contributed by atoms with van der Waals surface area (Å²) < 4.78 is 10.2. The Morgan fingerprint density at radius 1 is 1.12 bits per heavy atom. The zero-order valence-electron chi connectivity index (χ0n) is 17.5. The first-order valence-corrected chi connectivity index (χ1v) is 11.2. The summed E-state index contributed by atoms with van der Waals surface area (Å²) in [5.74, 6) is 0.952. The van der Waals surface area contributed by atoms with Crippen LogP contribution in [0.4, 0.5) is 5.82 Å². The summed E-state index contributed by atoms with van der Waals surface area (Å²) in [5, 5.41) is 10.6. The molecule has 0 unspecified atom stereocenters. The van der Waals surface area contributed by atoms with Crippen molar-refractivity contribution < 1.29 is 9.53 Å². The number of carbonyl (C=O) groups excluding carboxylic acids is 1. The van der Waals surface area contributed by atoms with Gasteiger partial charge < -0.3 is 15.4 Å². The number of aromatic nitrogens is 4. The highest BCUT2D eigenvalue weighted by Crippen LogP contribution is 2.22. The Labute approximate surface area is 188 Å². The number of nitrogens with zero attached hydrogens (tertiary/aromatic N) is 4. The molecule has 1 aromatic carbocycles. The lowest BCUT2D eigenvalue weighted by atomic mass is 9.94. The van der Waals surface area contributed by atoms with Crippen LogP contribution >= 0.6 is 11.5 Å². The average molecular weight is 447 g/mol. The van der Waals surface area contributed by atoms with E-state index in [1.165, 1.54) is 17.1 Å². The maximum Gasteiger partial charge on any atom is 0.252 e. The predicted octanol–water partition coefficient (Wildman–Crippen LogP) is 3.85. The van der Waals surface area contributed by atoms with Crippen molar-refractivity contribution in [3.05, 3.63) is 59.7 Å². The van der Waals surface area contributed by atoms with Gasteiger partial charge in [0.2, 0.25) is 5.88 Å². The molecule has 8 nitrogen and oxygen atoms in total. The van der Waals surface area contributed by atoms with Crippen LogP contribution in [0, 0.1) is 0 Å². The van der Waals surface area contributed by atoms with Gasteiger partial charge in [0.25, 0.3) is 5.91 Å². The Morgan fingerprint density at radius 2 is 2.00 bits per heavy atom. The molecule has 0 saturated carbocycles. The average Bonchev–Trinajstić information content (AvgIpc) is 3.30. The van der Waals surface area contributed by atoms with Crippen molar-refractivity contribution in [1.29, 1.82) is 0 Å². The van der Waals surface area contributed by atoms with E-state index in [0.717, 1.165) is 47.1 Å². The van der Waals surface area contributed by atoms with Crippen molar-refractivity contribution in [1.82, 2.24) is 24.9 Å². The largest absolute Gasteiger partial charge is 0.481 e. The van der Waals surface area contributed by atoms with Gasteiger partial charge in [0.15, 0.2) is 0 Å². The van der Waals surface area contributed by atoms with E-state index in [0.29, 0.717) is 23.3 Å². The molecular formula is C23H22N6O2S. The first kappa shape index (κ1) is 20.5. The van der Waals surface area contributed by atoms with Crippen LogP contribution in [0.25, 0.3) is 21.3 Å². The summed E-state index contributed by atoms with van der Waals surface area (Å²) in [6.45, 7) is 0.771. The van der Waals surface area contributed by atoms with Gasteiger partial charge in [-0.1, -0.05) is 16.6 Å². The minimum absolute atomic E-state index is 0.0988. The number of benzene rings is 1. The molecule has 1 aliphatic carbocycles. The van der Waals surface area contributed by atoms with Crippen LogP contribution in [-0.4, -0.2) is 38.6 Å². The highest BCUT2D eigenvalue weighted by atomic mass is 32.1. The van der Waals surface area contributed by atoms with E-state index in [2.05, 4.69) is 48.4 Å². The van der Waals surface area contributed by atoms with E-state index in [1.807, 2.05) is 18.2 Å². The third kappa shape index (κ3) is 4.44. The van der Waals surface area contributed by atoms with Gasteiger partial charge in [-0.05, 0) is 66.7 Å². The number of fused-ring (bicyclic) bond motifs is 2. The summed E-state index contributed by atoms with van der Waals surface area (Å²) >= 11 is 1.41. The molecule has 0 aliphatic heterocycles. The van der Waals surface area contributed by atoms with Crippen molar-refractivity contribution in [3.8, 4) is 5.88 Å². The fourth-order valence-corrected chi connectivity index (χ4v) is 4.33. The van der Waals surface area contributed by atoms with Gasteiger partial charge in [0.1, 0.15) is 11.3 Å². The molecular weight excluding hydrogens is 424 g/mol. The number of hydrogen-bond acceptors (Lipinski definition) is 8. The van der Waals surface area contributed by atoms with E-state index in [9.17, 15) is 4.79 Å². The minimum atomic E-state index is -0.0988. The normalized spacial score (nSPS) is 16.2. The molecule has 3 heterocycles. The van der Waals surface area contributed by atoms with Crippen molar-refractivity contribution in [2.45, 2.75) is 31.8 Å². The molecule has 1 aliphatic rings. The number of amides is 1. The molecule has 0 saturated heterocycles. The smallest absolute Gasteiger partial charge is 0.252 e. The summed E-state index contributed by atoms with van der Waals surface area (Å²) in [6.07, 6.45) is 4.48. The van der Waals surface area contributed by atoms with E-state index in [1.54, 1.807) is 19.2 Å². The molecule has 2 N–H and O–H groups in total. The van der Waals surface area contributed by atoms with E-state index in [-0.39, 0.29) is 5.91 Å². The van der Waals surface area contributed by atoms with Crippen molar-refractivity contribution >= 4 is 44.5 Å². The van der Waals surface area contributed by atoms with Crippen molar-refractivity contribution in [3.63, 3.8) is 0 Å². The SMILES string of the molecule is COc1ccc2nc(NC(=O)C3=CC[C@H](NCc4ccc5snnc5c4)CC3)ccc2n1. The number of ether oxygens (including phenoxy) is 1. The van der Waals surface area contributed by atoms with E-state index in [4.69, 9.17) is 4.74 Å². The molecule has 1 amide bonds. The number of nitrogens with one attached hydrogen (secondary N) is 2. The van der Waals surface area contributed by atoms with Gasteiger partial charge in [-0.25, -0.2) is 9.97 Å². The highest BCUT2D eigenvalue weighted by molar-refractivity contribution is 7.12. The van der Waals surface area contributed by atoms with Crippen LogP contribution < -0.4 is 15.4 Å². The molecule has 0 bridgehead atoms. The zero-order chi connectivity index (χ0) is 21.9. The van der Waals surface area contributed by atoms with Gasteiger partial charge in [-0.15, -0.1) is 5.10 Å². The second kappa shape index (κ2) is 8.97. The lowest BCUT2D eigenvalue weighted by Gasteiger charge is -2.22. The number of carbonyl (C=O) groups is 1. The Kier molecular flexibility index (Phi) is 5.74. The molecule has 3 aromatic heterocycles. The molecule has 0 radical (unpaired) electrons. The molecule has 0 spiro atoms. The molecule has 1 atom stereocenters. The number of anilines is 1. The number of rotatable bonds is 6. The summed E-state index contributed by atoms with van der Waals surface area (Å²) in [4.78, 5) is 21.5. The van der Waals surface area contributed by atoms with Crippen LogP contribution in [0.5, 0.6) is 5.88 Å². The maximum atomic E-state index is 12.7. The molecule has 9 heteroatoms. The molecule has 0 fully saturated rings. The first-order valence-electron chi connectivity index (χ1n) is 10.4. The fraction of sp³-hybridized carbons (Fsp3) is 0.261. The number of methoxy groups -OCH3 is 1. The van der Waals surface area contributed by atoms with Crippen molar-refractivity contribution in [2.24, 2.45) is 0 Å². The third-order valence-corrected chi connectivity index (χ3v) is 6.28. The van der Waals surface area contributed by atoms with Gasteiger partial charge in [-0.2, -0.15) is 0 Å². The summed E-state index contributed by atoms with van der Waals surface area (Å²) in [7, 11) is 1.58. The van der Waals surface area contributed by atoms with Crippen LogP contribution in [0.15, 0.2) is 54.1 Å². The molecule has 5 rings (SSSR count). The van der Waals surface area contributed by atoms with Crippen LogP contribution in [0.1, 0.15) is 24.8 Å². The molecule has 32 heavy (non-hydrogen) atoms. The Hall–Kier alpha value is -3.43. The standard InChI is InChI=1S/C23H22N6O2S/c1-31-22-11-8-17-18(26-22)7-10-21(25-17)27-23(30)15-3-5-16(6-4-15)24-13-14-2-9-20-19(12-14)28-29-32-20/h2-3,7-12,16,24H,4-6,13H2,1H3,(H,25,27,30)/t16-/m0/s1. The fourth-order valence-electron chi connectivity index (χ4n) is 3.80. The number of hydrogen-bond donors (Lipinski definition) is 2. The molecule has 4 aromatic rings. The lowest BCUT2D eigenvalue weighted by Crippen LogP contribution is -2.31. The van der Waals surface area contributed by atoms with Gasteiger partial charge in [0, 0.05) is 24.2 Å². The summed E-state index contributed by atoms with van der Waals surface area (Å²) in [5.41, 5.74) is 4.35. The Bertz CT molecular complexity index is 1320. The third-order valence-electron chi connectivity index (χ3n) is 5.58. The lowest BCUT2D eigenvalue weighted by molar-refractivity contribution is -0.113. The van der Waals surface area contributed by atoms with Gasteiger partial charge in [-0.3, -0.25) is 4.79 Å². The summed E-state index contributed by atoms with van der Waals surface area (Å²) in [6, 6.07) is 13.8. The van der Waals surface area contributed by atoms with E-state index < -0.39 is 0 Å². The van der Waals surface area contributed by atoms with E-state index >= 15 is 0 Å². The van der Waals surface area contributed by atoms with Crippen LogP contribution in [0.2, 0.25) is 0 Å². The van der Waals surface area contributed by atoms with Crippen LogP contribution in [0.3, 0.4) is 0 Å². The molecule has 162 valence electrons. The predicted molar refractivity (Wildman–Crippen MR) is 125 cm³/mol. The topological polar surface area (TPSA) is 102 Å². The minimum Gasteiger partial charge on any atom is -0.481 e. The van der Waals surface area contributed by atoms with Gasteiger partial charge >= 0.3 is 0 Å². The van der Waals surface area contributed by atoms with Crippen LogP contribution in [-0.2, 0) is 11.3 Å². The first-order chi connectivity index (χ1) is 15.7. The number of pyridine rings is 2. The Balaban J connectivity index is 1.17. The Morgan fingerprint density at radius 3 is 2.84 bits per heavy atom. The highest BCUT2D eigenvalue weighted by Gasteiger charge is 2.19. The van der Waals surface area contributed by atoms with Crippen molar-refractivity contribution in [2.75, 3.05) is 12.4 Å². The quantitative estimate of drug-likeness (QED) is 0.464. The maximum absolute atomic E-state index is 12.7. The second-order valence-corrected chi connectivity index (χ2v) is 8.48.